The number of nitrogens with one attached hydrogen (secondary N) is 1. The van der Waals surface area contributed by atoms with Crippen molar-refractivity contribution in [2.45, 2.75) is 11.6 Å². The molecule has 1 aliphatic rings. The Kier molecular flexibility index (Phi) is 3.51. The Labute approximate surface area is 137 Å². The first-order valence-corrected chi connectivity index (χ1v) is 8.49. The van der Waals surface area contributed by atoms with Crippen LogP contribution in [0, 0.1) is 0 Å². The second kappa shape index (κ2) is 5.69. The predicted octanol–water partition coefficient (Wildman–Crippen LogP) is 2.14. The largest absolute Gasteiger partial charge is 0.454 e. The minimum absolute atomic E-state index is 0.0946. The van der Waals surface area contributed by atoms with Crippen LogP contribution in [0.25, 0.3) is 11.5 Å². The summed E-state index contributed by atoms with van der Waals surface area (Å²) in [5.41, 5.74) is 0.741. The molecule has 0 unspecified atom stereocenters. The second-order valence-corrected chi connectivity index (χ2v) is 6.71. The standard InChI is InChI=1S/C15H12N2O6S/c18-24(19,15-4-3-12(22-15)13-5-6-16-23-13)17-8-10-1-2-11-14(7-10)21-9-20-11/h1-7,17H,8-9H2. The fourth-order valence-corrected chi connectivity index (χ4v) is 3.19. The molecule has 8 nitrogen and oxygen atoms in total. The summed E-state index contributed by atoms with van der Waals surface area (Å²) in [7, 11) is -3.79. The van der Waals surface area contributed by atoms with Gasteiger partial charge in [-0.15, -0.1) is 0 Å². The van der Waals surface area contributed by atoms with Crippen molar-refractivity contribution in [3.05, 3.63) is 48.2 Å². The number of aromatic nitrogens is 1. The molecule has 124 valence electrons. The summed E-state index contributed by atoms with van der Waals surface area (Å²) in [5, 5.41) is 3.35. The van der Waals surface area contributed by atoms with E-state index in [9.17, 15) is 8.42 Å². The first-order chi connectivity index (χ1) is 11.6. The van der Waals surface area contributed by atoms with Crippen molar-refractivity contribution in [1.29, 1.82) is 0 Å². The Morgan fingerprint density at radius 1 is 1.04 bits per heavy atom. The molecule has 3 aromatic rings. The topological polar surface area (TPSA) is 104 Å². The van der Waals surface area contributed by atoms with Crippen LogP contribution in [-0.2, 0) is 16.6 Å². The molecule has 0 amide bonds. The quantitative estimate of drug-likeness (QED) is 0.753. The van der Waals surface area contributed by atoms with Gasteiger partial charge in [-0.1, -0.05) is 11.2 Å². The predicted molar refractivity (Wildman–Crippen MR) is 80.8 cm³/mol. The molecular weight excluding hydrogens is 336 g/mol. The highest BCUT2D eigenvalue weighted by Crippen LogP contribution is 2.32. The van der Waals surface area contributed by atoms with E-state index in [1.165, 1.54) is 18.3 Å². The van der Waals surface area contributed by atoms with Crippen LogP contribution in [0.15, 0.2) is 56.6 Å². The van der Waals surface area contributed by atoms with Gasteiger partial charge in [0.05, 0.1) is 6.20 Å². The van der Waals surface area contributed by atoms with E-state index in [1.807, 2.05) is 0 Å². The highest BCUT2D eigenvalue weighted by atomic mass is 32.2. The van der Waals surface area contributed by atoms with Crippen molar-refractivity contribution in [3.8, 4) is 23.0 Å². The normalized spacial score (nSPS) is 13.3. The van der Waals surface area contributed by atoms with Crippen LogP contribution in [0.2, 0.25) is 0 Å². The van der Waals surface area contributed by atoms with Gasteiger partial charge in [-0.25, -0.2) is 13.1 Å². The summed E-state index contributed by atoms with van der Waals surface area (Å²) in [4.78, 5) is 0. The number of fused-ring (bicyclic) bond motifs is 1. The molecule has 9 heteroatoms. The Morgan fingerprint density at radius 2 is 1.92 bits per heavy atom. The van der Waals surface area contributed by atoms with E-state index in [2.05, 4.69) is 9.88 Å². The molecule has 1 aliphatic heterocycles. The molecule has 1 N–H and O–H groups in total. The molecule has 0 spiro atoms. The zero-order valence-corrected chi connectivity index (χ0v) is 13.1. The summed E-state index contributed by atoms with van der Waals surface area (Å²) in [6.07, 6.45) is 1.45. The molecular formula is C15H12N2O6S. The van der Waals surface area contributed by atoms with Crippen LogP contribution >= 0.6 is 0 Å². The van der Waals surface area contributed by atoms with Crippen molar-refractivity contribution in [1.82, 2.24) is 9.88 Å². The van der Waals surface area contributed by atoms with Gasteiger partial charge in [0.2, 0.25) is 17.6 Å². The smallest absolute Gasteiger partial charge is 0.274 e. The van der Waals surface area contributed by atoms with Gasteiger partial charge in [-0.2, -0.15) is 0 Å². The van der Waals surface area contributed by atoms with E-state index in [0.29, 0.717) is 17.3 Å². The van der Waals surface area contributed by atoms with Gasteiger partial charge < -0.3 is 18.4 Å². The first kappa shape index (κ1) is 14.8. The van der Waals surface area contributed by atoms with Crippen LogP contribution in [0.4, 0.5) is 0 Å². The summed E-state index contributed by atoms with van der Waals surface area (Å²) < 4.78 is 47.8. The lowest BCUT2D eigenvalue weighted by Crippen LogP contribution is -2.22. The number of nitrogens with zero attached hydrogens (tertiary/aromatic N) is 1. The van der Waals surface area contributed by atoms with Crippen LogP contribution in [0.1, 0.15) is 5.56 Å². The lowest BCUT2D eigenvalue weighted by Gasteiger charge is -2.05. The van der Waals surface area contributed by atoms with E-state index in [-0.39, 0.29) is 24.2 Å². The fraction of sp³-hybridized carbons (Fsp3) is 0.133. The van der Waals surface area contributed by atoms with Crippen molar-refractivity contribution in [3.63, 3.8) is 0 Å². The van der Waals surface area contributed by atoms with E-state index >= 15 is 0 Å². The maximum absolute atomic E-state index is 12.3. The van der Waals surface area contributed by atoms with E-state index in [4.69, 9.17) is 18.4 Å². The number of sulfonamides is 1. The third kappa shape index (κ3) is 2.74. The summed E-state index contributed by atoms with van der Waals surface area (Å²) in [5.74, 6) is 1.88. The van der Waals surface area contributed by atoms with Gasteiger partial charge in [-0.05, 0) is 29.8 Å². The molecule has 24 heavy (non-hydrogen) atoms. The summed E-state index contributed by atoms with van der Waals surface area (Å²) in [6.45, 7) is 0.263. The van der Waals surface area contributed by atoms with E-state index < -0.39 is 10.0 Å². The molecule has 2 aromatic heterocycles. The van der Waals surface area contributed by atoms with Gasteiger partial charge in [-0.3, -0.25) is 0 Å². The SMILES string of the molecule is O=S(=O)(NCc1ccc2c(c1)OCO2)c1ccc(-c2ccno2)o1. The molecule has 0 bridgehead atoms. The number of rotatable bonds is 5. The van der Waals surface area contributed by atoms with Crippen molar-refractivity contribution in [2.24, 2.45) is 0 Å². The van der Waals surface area contributed by atoms with Gasteiger partial charge in [0.1, 0.15) is 0 Å². The average molecular weight is 348 g/mol. The molecule has 0 atom stereocenters. The number of furan rings is 1. The first-order valence-electron chi connectivity index (χ1n) is 7.01. The Morgan fingerprint density at radius 3 is 2.75 bits per heavy atom. The highest BCUT2D eigenvalue weighted by molar-refractivity contribution is 7.89. The molecule has 0 radical (unpaired) electrons. The Hall–Kier alpha value is -2.78. The maximum Gasteiger partial charge on any atom is 0.274 e. The van der Waals surface area contributed by atoms with Gasteiger partial charge in [0.25, 0.3) is 10.0 Å². The van der Waals surface area contributed by atoms with Crippen LogP contribution < -0.4 is 14.2 Å². The summed E-state index contributed by atoms with van der Waals surface area (Å²) in [6, 6.07) is 9.68. The number of hydrogen-bond donors (Lipinski definition) is 1. The number of ether oxygens (including phenoxy) is 2. The molecule has 0 saturated heterocycles. The number of benzene rings is 1. The zero-order chi connectivity index (χ0) is 16.6. The Balaban J connectivity index is 1.49. The second-order valence-electron chi connectivity index (χ2n) is 5.01. The maximum atomic E-state index is 12.3. The highest BCUT2D eigenvalue weighted by Gasteiger charge is 2.21. The monoisotopic (exact) mass is 348 g/mol. The van der Waals surface area contributed by atoms with Gasteiger partial charge in [0.15, 0.2) is 17.3 Å². The average Bonchev–Trinajstić information content (AvgIpc) is 3.32. The fourth-order valence-electron chi connectivity index (χ4n) is 2.24. The molecule has 3 heterocycles. The lowest BCUT2D eigenvalue weighted by atomic mass is 10.2. The lowest BCUT2D eigenvalue weighted by molar-refractivity contribution is 0.174. The molecule has 0 fully saturated rings. The summed E-state index contributed by atoms with van der Waals surface area (Å²) >= 11 is 0. The van der Waals surface area contributed by atoms with Crippen molar-refractivity contribution >= 4 is 10.0 Å². The van der Waals surface area contributed by atoms with Gasteiger partial charge >= 0.3 is 0 Å². The molecule has 0 aliphatic carbocycles. The Bertz CT molecular complexity index is 962. The van der Waals surface area contributed by atoms with Crippen molar-refractivity contribution in [2.75, 3.05) is 6.79 Å². The number of hydrogen-bond acceptors (Lipinski definition) is 7. The zero-order valence-electron chi connectivity index (χ0n) is 12.3. The molecule has 0 saturated carbocycles. The minimum Gasteiger partial charge on any atom is -0.454 e. The van der Waals surface area contributed by atoms with E-state index in [1.54, 1.807) is 24.3 Å². The van der Waals surface area contributed by atoms with E-state index in [0.717, 1.165) is 5.56 Å². The van der Waals surface area contributed by atoms with Crippen LogP contribution in [-0.4, -0.2) is 20.4 Å². The molecule has 1 aromatic carbocycles. The molecule has 4 rings (SSSR count). The third-order valence-corrected chi connectivity index (χ3v) is 4.70. The van der Waals surface area contributed by atoms with Gasteiger partial charge in [0, 0.05) is 12.6 Å². The minimum atomic E-state index is -3.79. The van der Waals surface area contributed by atoms with Crippen LogP contribution in [0.3, 0.4) is 0 Å². The van der Waals surface area contributed by atoms with Crippen LogP contribution in [0.5, 0.6) is 11.5 Å². The third-order valence-electron chi connectivity index (χ3n) is 3.43. The van der Waals surface area contributed by atoms with Crippen molar-refractivity contribution < 1.29 is 26.8 Å².